The molecule has 1 rings (SSSR count). The number of aliphatic carboxylic acids is 1. The Labute approximate surface area is 136 Å². The van der Waals surface area contributed by atoms with Crippen LogP contribution in [0.25, 0.3) is 0 Å². The van der Waals surface area contributed by atoms with Crippen molar-refractivity contribution in [1.29, 1.82) is 0 Å². The van der Waals surface area contributed by atoms with Crippen molar-refractivity contribution in [2.24, 2.45) is 11.8 Å². The second kappa shape index (κ2) is 8.12. The number of carbonyl (C=O) groups is 2. The molecule has 0 spiro atoms. The zero-order valence-electron chi connectivity index (χ0n) is 11.4. The summed E-state index contributed by atoms with van der Waals surface area (Å²) < 4.78 is 5.14. The Morgan fingerprint density at radius 3 is 2.16 bits per heavy atom. The number of amides is 1. The molecular weight excluding hydrogens is 257 g/mol. The molecule has 0 atom stereocenters. The first-order valence-corrected chi connectivity index (χ1v) is 6.47. The second-order valence-electron chi connectivity index (χ2n) is 5.94. The van der Waals surface area contributed by atoms with Crippen molar-refractivity contribution in [3.8, 4) is 0 Å². The van der Waals surface area contributed by atoms with E-state index in [0.29, 0.717) is 25.3 Å². The van der Waals surface area contributed by atoms with Crippen LogP contribution in [0.15, 0.2) is 0 Å². The molecule has 0 unspecified atom stereocenters. The molecule has 106 valence electrons. The van der Waals surface area contributed by atoms with Crippen LogP contribution < -0.4 is 5.32 Å². The summed E-state index contributed by atoms with van der Waals surface area (Å²) in [6.07, 6.45) is 2.72. The van der Waals surface area contributed by atoms with Crippen molar-refractivity contribution in [3.05, 3.63) is 0 Å². The molecule has 1 fully saturated rings. The van der Waals surface area contributed by atoms with Gasteiger partial charge in [-0.1, -0.05) is 0 Å². The third-order valence-corrected chi connectivity index (χ3v) is 3.13. The van der Waals surface area contributed by atoms with Gasteiger partial charge in [0, 0.05) is 6.54 Å². The molecule has 0 aliphatic heterocycles. The Hall–Kier alpha value is -0.260. The van der Waals surface area contributed by atoms with Crippen LogP contribution in [-0.4, -0.2) is 58.9 Å². The van der Waals surface area contributed by atoms with Crippen molar-refractivity contribution < 1.29 is 19.4 Å². The van der Waals surface area contributed by atoms with Gasteiger partial charge in [-0.25, -0.2) is 4.79 Å². The van der Waals surface area contributed by atoms with Crippen molar-refractivity contribution in [2.75, 3.05) is 6.54 Å². The summed E-state index contributed by atoms with van der Waals surface area (Å²) in [5.74, 6) is -0.538. The van der Waals surface area contributed by atoms with Gasteiger partial charge in [0.25, 0.3) is 0 Å². The van der Waals surface area contributed by atoms with Crippen molar-refractivity contribution in [2.45, 2.75) is 52.1 Å². The van der Waals surface area contributed by atoms with Crippen LogP contribution in [0.4, 0.5) is 4.79 Å². The van der Waals surface area contributed by atoms with E-state index in [-0.39, 0.29) is 35.5 Å². The maximum atomic E-state index is 11.4. The van der Waals surface area contributed by atoms with E-state index in [1.165, 1.54) is 0 Å². The molecule has 0 bridgehead atoms. The van der Waals surface area contributed by atoms with Crippen molar-refractivity contribution >= 4 is 41.6 Å². The molecule has 0 aromatic rings. The van der Waals surface area contributed by atoms with Gasteiger partial charge in [-0.15, -0.1) is 0 Å². The van der Waals surface area contributed by atoms with Crippen LogP contribution in [0.2, 0.25) is 0 Å². The van der Waals surface area contributed by atoms with Crippen LogP contribution >= 0.6 is 0 Å². The number of hydrogen-bond acceptors (Lipinski definition) is 3. The van der Waals surface area contributed by atoms with Gasteiger partial charge in [-0.3, -0.25) is 4.79 Å². The summed E-state index contributed by atoms with van der Waals surface area (Å²) in [6.45, 7) is 6.04. The van der Waals surface area contributed by atoms with Gasteiger partial charge < -0.3 is 15.2 Å². The number of rotatable bonds is 3. The van der Waals surface area contributed by atoms with Gasteiger partial charge in [0.15, 0.2) is 0 Å². The third-order valence-electron chi connectivity index (χ3n) is 3.13. The van der Waals surface area contributed by atoms with Crippen LogP contribution in [0.3, 0.4) is 0 Å². The monoisotopic (exact) mass is 281 g/mol. The van der Waals surface area contributed by atoms with E-state index in [1.54, 1.807) is 0 Å². The van der Waals surface area contributed by atoms with E-state index in [9.17, 15) is 9.59 Å². The number of nitrogens with one attached hydrogen (secondary N) is 1. The summed E-state index contributed by atoms with van der Waals surface area (Å²) >= 11 is 0. The zero-order valence-corrected chi connectivity index (χ0v) is 11.4. The summed E-state index contributed by atoms with van der Waals surface area (Å²) in [4.78, 5) is 22.2. The van der Waals surface area contributed by atoms with Crippen LogP contribution in [0.5, 0.6) is 0 Å². The number of carboxylic acids is 1. The quantitative estimate of drug-likeness (QED) is 0.773. The topological polar surface area (TPSA) is 75.6 Å². The first kappa shape index (κ1) is 18.7. The Morgan fingerprint density at radius 1 is 1.21 bits per heavy atom. The van der Waals surface area contributed by atoms with E-state index in [2.05, 4.69) is 5.32 Å². The van der Waals surface area contributed by atoms with Crippen LogP contribution in [0, 0.1) is 11.8 Å². The summed E-state index contributed by atoms with van der Waals surface area (Å²) in [7, 11) is 0. The Morgan fingerprint density at radius 2 is 1.74 bits per heavy atom. The molecule has 1 saturated carbocycles. The Kier molecular flexibility index (Phi) is 8.01. The molecule has 1 aliphatic carbocycles. The summed E-state index contributed by atoms with van der Waals surface area (Å²) in [6, 6.07) is 0. The van der Waals surface area contributed by atoms with E-state index < -0.39 is 17.7 Å². The number of alkyl carbamates (subject to hydrolysis) is 1. The predicted octanol–water partition coefficient (Wildman–Crippen LogP) is 1.75. The Balaban J connectivity index is 0.00000324. The standard InChI is InChI=1S/C13H23NO4.Na.H/c1-13(2,3)18-12(17)14-8-9-4-6-10(7-5-9)11(15)16;;/h9-10H,4-8H2,1-3H3,(H,14,17)(H,15,16);;. The minimum absolute atomic E-state index is 0. The molecule has 0 radical (unpaired) electrons. The van der Waals surface area contributed by atoms with E-state index in [0.717, 1.165) is 12.8 Å². The van der Waals surface area contributed by atoms with Crippen molar-refractivity contribution in [1.82, 2.24) is 5.32 Å². The predicted molar refractivity (Wildman–Crippen MR) is 74.5 cm³/mol. The van der Waals surface area contributed by atoms with Crippen LogP contribution in [0.1, 0.15) is 46.5 Å². The maximum absolute atomic E-state index is 11.4. The molecule has 0 saturated heterocycles. The molecule has 2 N–H and O–H groups in total. The van der Waals surface area contributed by atoms with Gasteiger partial charge in [0.2, 0.25) is 0 Å². The molecule has 1 aliphatic rings. The van der Waals surface area contributed by atoms with Gasteiger partial charge in [-0.2, -0.15) is 0 Å². The average molecular weight is 281 g/mol. The minimum atomic E-state index is -0.700. The van der Waals surface area contributed by atoms with Gasteiger partial charge in [-0.05, 0) is 52.4 Å². The fourth-order valence-corrected chi connectivity index (χ4v) is 2.16. The second-order valence-corrected chi connectivity index (χ2v) is 5.94. The van der Waals surface area contributed by atoms with E-state index in [4.69, 9.17) is 9.84 Å². The molecule has 0 aromatic heterocycles. The molecule has 5 nitrogen and oxygen atoms in total. The van der Waals surface area contributed by atoms with E-state index in [1.807, 2.05) is 20.8 Å². The fraction of sp³-hybridized carbons (Fsp3) is 0.846. The van der Waals surface area contributed by atoms with Gasteiger partial charge >= 0.3 is 41.6 Å². The first-order chi connectivity index (χ1) is 8.28. The number of hydrogen-bond donors (Lipinski definition) is 2. The molecule has 0 heterocycles. The molecule has 0 aromatic carbocycles. The number of ether oxygens (including phenoxy) is 1. The SMILES string of the molecule is CC(C)(C)OC(=O)NCC1CCC(C(=O)O)CC1.[NaH]. The average Bonchev–Trinajstić information content (AvgIpc) is 2.24. The van der Waals surface area contributed by atoms with Gasteiger partial charge in [0.1, 0.15) is 5.60 Å². The van der Waals surface area contributed by atoms with Crippen LogP contribution in [-0.2, 0) is 9.53 Å². The number of carbonyl (C=O) groups excluding carboxylic acids is 1. The number of carboxylic acid groups (broad SMARTS) is 1. The zero-order chi connectivity index (χ0) is 13.8. The molecule has 6 heteroatoms. The third kappa shape index (κ3) is 7.80. The van der Waals surface area contributed by atoms with Crippen molar-refractivity contribution in [3.63, 3.8) is 0 Å². The summed E-state index contributed by atoms with van der Waals surface area (Å²) in [5, 5.41) is 11.6. The first-order valence-electron chi connectivity index (χ1n) is 6.47. The van der Waals surface area contributed by atoms with Gasteiger partial charge in [0.05, 0.1) is 5.92 Å². The fourth-order valence-electron chi connectivity index (χ4n) is 2.16. The Bertz CT molecular complexity index is 306. The normalized spacial score (nSPS) is 23.1. The molecule has 19 heavy (non-hydrogen) atoms. The van der Waals surface area contributed by atoms with E-state index >= 15 is 0 Å². The summed E-state index contributed by atoms with van der Waals surface area (Å²) in [5.41, 5.74) is -0.481. The molecular formula is C13H24NNaO4. The molecule has 1 amide bonds.